The highest BCUT2D eigenvalue weighted by molar-refractivity contribution is 6.31. The van der Waals surface area contributed by atoms with Crippen LogP contribution in [-0.2, 0) is 0 Å². The first-order chi connectivity index (χ1) is 5.70. The van der Waals surface area contributed by atoms with Crippen LogP contribution in [0.4, 0.5) is 0 Å². The van der Waals surface area contributed by atoms with Crippen LogP contribution in [-0.4, -0.2) is 19.6 Å². The molecule has 2 heterocycles. The van der Waals surface area contributed by atoms with E-state index in [0.29, 0.717) is 11.5 Å². The van der Waals surface area contributed by atoms with Crippen molar-refractivity contribution >= 4 is 17.4 Å². The number of hydrogen-bond acceptors (Lipinski definition) is 3. The van der Waals surface area contributed by atoms with Crippen LogP contribution in [0.3, 0.4) is 0 Å². The van der Waals surface area contributed by atoms with Gasteiger partial charge in [0.1, 0.15) is 11.3 Å². The lowest BCUT2D eigenvalue weighted by Crippen LogP contribution is -2.16. The van der Waals surface area contributed by atoms with Crippen LogP contribution in [0.2, 0.25) is 5.02 Å². The molecule has 1 N–H and O–H groups in total. The minimum atomic E-state index is -0.323. The number of halogens is 1. The SMILES string of the molecule is Cc1nc2nc[nH]n2c(=O)c1Cl. The summed E-state index contributed by atoms with van der Waals surface area (Å²) in [6, 6.07) is 0. The predicted octanol–water partition coefficient (Wildman–Crippen LogP) is 0.379. The van der Waals surface area contributed by atoms with Crippen molar-refractivity contribution in [3.05, 3.63) is 27.4 Å². The summed E-state index contributed by atoms with van der Waals surface area (Å²) < 4.78 is 1.19. The summed E-state index contributed by atoms with van der Waals surface area (Å²) in [4.78, 5) is 19.1. The van der Waals surface area contributed by atoms with Crippen LogP contribution < -0.4 is 5.56 Å². The summed E-state index contributed by atoms with van der Waals surface area (Å²) in [5.74, 6) is 0.335. The minimum absolute atomic E-state index is 0.122. The van der Waals surface area contributed by atoms with Gasteiger partial charge >= 0.3 is 0 Å². The molecule has 2 aromatic heterocycles. The second-order valence-corrected chi connectivity index (χ2v) is 2.72. The monoisotopic (exact) mass is 184 g/mol. The molecule has 0 aliphatic carbocycles. The molecule has 2 aromatic rings. The van der Waals surface area contributed by atoms with Crippen molar-refractivity contribution < 1.29 is 0 Å². The summed E-state index contributed by atoms with van der Waals surface area (Å²) in [6.45, 7) is 1.67. The number of fused-ring (bicyclic) bond motifs is 1. The van der Waals surface area contributed by atoms with E-state index in [-0.39, 0.29) is 10.6 Å². The molecule has 0 saturated carbocycles. The van der Waals surface area contributed by atoms with Gasteiger partial charge in [-0.2, -0.15) is 4.52 Å². The molecule has 62 valence electrons. The molecule has 0 radical (unpaired) electrons. The Morgan fingerprint density at radius 3 is 3.17 bits per heavy atom. The number of rotatable bonds is 0. The number of aromatic amines is 1. The molecule has 0 saturated heterocycles. The van der Waals surface area contributed by atoms with E-state index < -0.39 is 0 Å². The van der Waals surface area contributed by atoms with E-state index in [1.165, 1.54) is 10.8 Å². The Balaban J connectivity index is 3.05. The van der Waals surface area contributed by atoms with E-state index in [2.05, 4.69) is 15.1 Å². The Labute approximate surface area is 72.0 Å². The first-order valence-electron chi connectivity index (χ1n) is 3.28. The third-order valence-corrected chi connectivity index (χ3v) is 1.98. The maximum absolute atomic E-state index is 11.3. The highest BCUT2D eigenvalue weighted by Gasteiger charge is 2.07. The molecule has 0 aromatic carbocycles. The topological polar surface area (TPSA) is 63.1 Å². The van der Waals surface area contributed by atoms with Crippen molar-refractivity contribution in [1.82, 2.24) is 19.6 Å². The zero-order valence-corrected chi connectivity index (χ0v) is 6.96. The number of aromatic nitrogens is 4. The fraction of sp³-hybridized carbons (Fsp3) is 0.167. The van der Waals surface area contributed by atoms with Crippen molar-refractivity contribution in [2.24, 2.45) is 0 Å². The highest BCUT2D eigenvalue weighted by Crippen LogP contribution is 2.05. The summed E-state index contributed by atoms with van der Waals surface area (Å²) in [7, 11) is 0. The lowest BCUT2D eigenvalue weighted by molar-refractivity contribution is 0.889. The molecule has 0 atom stereocenters. The van der Waals surface area contributed by atoms with Crippen molar-refractivity contribution in [2.45, 2.75) is 6.92 Å². The van der Waals surface area contributed by atoms with Gasteiger partial charge in [-0.05, 0) is 6.92 Å². The average Bonchev–Trinajstić information content (AvgIpc) is 2.48. The van der Waals surface area contributed by atoms with Gasteiger partial charge in [-0.1, -0.05) is 11.6 Å². The van der Waals surface area contributed by atoms with Crippen LogP contribution in [0.1, 0.15) is 5.69 Å². The van der Waals surface area contributed by atoms with Gasteiger partial charge in [0.2, 0.25) is 0 Å². The van der Waals surface area contributed by atoms with Gasteiger partial charge in [-0.25, -0.2) is 9.97 Å². The third kappa shape index (κ3) is 0.831. The van der Waals surface area contributed by atoms with E-state index in [1.54, 1.807) is 6.92 Å². The average molecular weight is 185 g/mol. The van der Waals surface area contributed by atoms with Crippen LogP contribution >= 0.6 is 11.6 Å². The molecule has 5 nitrogen and oxygen atoms in total. The normalized spacial score (nSPS) is 10.8. The van der Waals surface area contributed by atoms with Crippen molar-refractivity contribution in [3.63, 3.8) is 0 Å². The summed E-state index contributed by atoms with van der Waals surface area (Å²) in [5, 5.41) is 2.72. The standard InChI is InChI=1S/C6H5ClN4O/c1-3-4(7)5(12)11-6(10-3)8-2-9-11/h2H,1H3,(H,8,9,10). The highest BCUT2D eigenvalue weighted by atomic mass is 35.5. The molecule has 0 aliphatic heterocycles. The van der Waals surface area contributed by atoms with Crippen LogP contribution in [0.25, 0.3) is 5.78 Å². The van der Waals surface area contributed by atoms with Gasteiger partial charge in [0.15, 0.2) is 0 Å². The first-order valence-corrected chi connectivity index (χ1v) is 3.66. The first kappa shape index (κ1) is 7.30. The summed E-state index contributed by atoms with van der Waals surface area (Å²) in [5.41, 5.74) is 0.172. The van der Waals surface area contributed by atoms with Crippen molar-refractivity contribution in [2.75, 3.05) is 0 Å². The van der Waals surface area contributed by atoms with Gasteiger partial charge in [0.05, 0.1) is 5.69 Å². The number of H-pyrrole nitrogens is 1. The minimum Gasteiger partial charge on any atom is -0.278 e. The molecular weight excluding hydrogens is 180 g/mol. The second-order valence-electron chi connectivity index (χ2n) is 2.34. The molecule has 0 spiro atoms. The van der Waals surface area contributed by atoms with E-state index in [9.17, 15) is 4.79 Å². The maximum atomic E-state index is 11.3. The molecule has 0 fully saturated rings. The fourth-order valence-corrected chi connectivity index (χ4v) is 1.07. The number of nitrogens with zero attached hydrogens (tertiary/aromatic N) is 3. The second kappa shape index (κ2) is 2.31. The van der Waals surface area contributed by atoms with Gasteiger partial charge in [0, 0.05) is 0 Å². The maximum Gasteiger partial charge on any atom is 0.293 e. The molecule has 0 bridgehead atoms. The lowest BCUT2D eigenvalue weighted by Gasteiger charge is -1.95. The molecule has 0 unspecified atom stereocenters. The number of hydrogen-bond donors (Lipinski definition) is 1. The molecule has 0 aliphatic rings. The Bertz CT molecular complexity index is 486. The molecule has 2 rings (SSSR count). The van der Waals surface area contributed by atoms with Gasteiger partial charge in [0.25, 0.3) is 11.3 Å². The van der Waals surface area contributed by atoms with Gasteiger partial charge < -0.3 is 0 Å². The third-order valence-electron chi connectivity index (χ3n) is 1.54. The smallest absolute Gasteiger partial charge is 0.278 e. The van der Waals surface area contributed by atoms with Crippen LogP contribution in [0, 0.1) is 6.92 Å². The largest absolute Gasteiger partial charge is 0.293 e. The molecule has 0 amide bonds. The van der Waals surface area contributed by atoms with E-state index >= 15 is 0 Å². The Morgan fingerprint density at radius 2 is 2.42 bits per heavy atom. The predicted molar refractivity (Wildman–Crippen MR) is 43.4 cm³/mol. The quantitative estimate of drug-likeness (QED) is 0.644. The van der Waals surface area contributed by atoms with E-state index in [0.717, 1.165) is 0 Å². The fourth-order valence-electron chi connectivity index (χ4n) is 0.940. The number of aryl methyl sites for hydroxylation is 1. The zero-order chi connectivity index (χ0) is 8.72. The van der Waals surface area contributed by atoms with E-state index in [4.69, 9.17) is 11.6 Å². The van der Waals surface area contributed by atoms with Crippen molar-refractivity contribution in [1.29, 1.82) is 0 Å². The zero-order valence-electron chi connectivity index (χ0n) is 6.21. The van der Waals surface area contributed by atoms with Gasteiger partial charge in [-0.15, -0.1) is 0 Å². The Hall–Kier alpha value is -1.36. The van der Waals surface area contributed by atoms with Crippen LogP contribution in [0.5, 0.6) is 0 Å². The van der Waals surface area contributed by atoms with Gasteiger partial charge in [-0.3, -0.25) is 9.89 Å². The van der Waals surface area contributed by atoms with E-state index in [1.807, 2.05) is 0 Å². The molecular formula is C6H5ClN4O. The summed E-state index contributed by atoms with van der Waals surface area (Å²) >= 11 is 5.67. The van der Waals surface area contributed by atoms with Crippen molar-refractivity contribution in [3.8, 4) is 0 Å². The molecule has 6 heteroatoms. The number of nitrogens with one attached hydrogen (secondary N) is 1. The van der Waals surface area contributed by atoms with Crippen LogP contribution in [0.15, 0.2) is 11.1 Å². The molecule has 12 heavy (non-hydrogen) atoms. The summed E-state index contributed by atoms with van der Waals surface area (Å²) in [6.07, 6.45) is 1.39. The lowest BCUT2D eigenvalue weighted by atomic mass is 10.4. The Morgan fingerprint density at radius 1 is 1.67 bits per heavy atom. The Kier molecular flexibility index (Phi) is 1.41.